The number of hydrogen-bond acceptors (Lipinski definition) is 5. The van der Waals surface area contributed by atoms with Gasteiger partial charge >= 0.3 is 0 Å². The van der Waals surface area contributed by atoms with E-state index in [0.29, 0.717) is 27.2 Å². The molecule has 5 nitrogen and oxygen atoms in total. The smallest absolute Gasteiger partial charge is 0.293 e. The Kier molecular flexibility index (Phi) is 5.70. The van der Waals surface area contributed by atoms with Crippen LogP contribution in [-0.4, -0.2) is 23.2 Å². The summed E-state index contributed by atoms with van der Waals surface area (Å²) in [5.41, 5.74) is 2.78. The van der Waals surface area contributed by atoms with Gasteiger partial charge in [-0.05, 0) is 54.6 Å². The minimum Gasteiger partial charge on any atom is -0.495 e. The van der Waals surface area contributed by atoms with Crippen molar-refractivity contribution in [1.82, 2.24) is 4.90 Å². The maximum absolute atomic E-state index is 12.7. The average molecular weight is 440 g/mol. The summed E-state index contributed by atoms with van der Waals surface area (Å²) in [5.74, 6) is 1.34. The predicted octanol–water partition coefficient (Wildman–Crippen LogP) is 6.15. The molecule has 0 atom stereocenters. The number of aryl methyl sites for hydroxylation is 1. The minimum atomic E-state index is -0.322. The molecule has 1 fully saturated rings. The van der Waals surface area contributed by atoms with Crippen LogP contribution in [0.5, 0.6) is 5.75 Å². The number of rotatable bonds is 5. The van der Waals surface area contributed by atoms with Crippen molar-refractivity contribution < 1.29 is 18.7 Å². The molecule has 0 aliphatic carbocycles. The predicted molar refractivity (Wildman–Crippen MR) is 118 cm³/mol. The second-order valence-corrected chi connectivity index (χ2v) is 8.21. The maximum Gasteiger partial charge on any atom is 0.293 e. The van der Waals surface area contributed by atoms with Crippen LogP contribution in [0.4, 0.5) is 4.79 Å². The lowest BCUT2D eigenvalue weighted by atomic mass is 10.1. The highest BCUT2D eigenvalue weighted by molar-refractivity contribution is 8.18. The summed E-state index contributed by atoms with van der Waals surface area (Å²) in [6.45, 7) is 2.22. The van der Waals surface area contributed by atoms with Crippen molar-refractivity contribution in [3.63, 3.8) is 0 Å². The number of carbonyl (C=O) groups is 2. The van der Waals surface area contributed by atoms with Crippen molar-refractivity contribution in [2.75, 3.05) is 7.11 Å². The Balaban J connectivity index is 1.53. The zero-order valence-corrected chi connectivity index (χ0v) is 17.9. The first kappa shape index (κ1) is 20.3. The van der Waals surface area contributed by atoms with E-state index in [1.165, 1.54) is 4.90 Å². The molecule has 1 aromatic heterocycles. The van der Waals surface area contributed by atoms with Crippen LogP contribution in [0.25, 0.3) is 17.4 Å². The molecule has 1 aliphatic heterocycles. The number of imide groups is 1. The summed E-state index contributed by atoms with van der Waals surface area (Å²) in [5, 5.41) is 0.187. The first-order valence-electron chi connectivity index (χ1n) is 9.19. The molecule has 0 unspecified atom stereocenters. The lowest BCUT2D eigenvalue weighted by Gasteiger charge is -2.12. The van der Waals surface area contributed by atoms with Gasteiger partial charge in [0.1, 0.15) is 17.3 Å². The highest BCUT2D eigenvalue weighted by atomic mass is 35.5. The highest BCUT2D eigenvalue weighted by Gasteiger charge is 2.35. The van der Waals surface area contributed by atoms with Crippen LogP contribution in [0.1, 0.15) is 16.9 Å². The number of ether oxygens (including phenoxy) is 1. The van der Waals surface area contributed by atoms with E-state index in [2.05, 4.69) is 0 Å². The van der Waals surface area contributed by atoms with E-state index in [1.54, 1.807) is 37.5 Å². The fourth-order valence-corrected chi connectivity index (χ4v) is 4.24. The molecule has 2 amide bonds. The number of carbonyl (C=O) groups excluding carboxylic acids is 2. The molecule has 0 bridgehead atoms. The van der Waals surface area contributed by atoms with E-state index < -0.39 is 0 Å². The van der Waals surface area contributed by atoms with Gasteiger partial charge < -0.3 is 9.15 Å². The van der Waals surface area contributed by atoms with E-state index in [4.69, 9.17) is 20.8 Å². The second kappa shape index (κ2) is 8.42. The maximum atomic E-state index is 12.7. The van der Waals surface area contributed by atoms with Gasteiger partial charge in [-0.2, -0.15) is 0 Å². The Labute approximate surface area is 183 Å². The Hall–Kier alpha value is -2.96. The summed E-state index contributed by atoms with van der Waals surface area (Å²) >= 11 is 7.09. The van der Waals surface area contributed by atoms with Crippen molar-refractivity contribution in [2.24, 2.45) is 0 Å². The third kappa shape index (κ3) is 4.15. The van der Waals surface area contributed by atoms with Gasteiger partial charge in [-0.1, -0.05) is 41.4 Å². The summed E-state index contributed by atoms with van der Waals surface area (Å²) < 4.78 is 11.0. The van der Waals surface area contributed by atoms with Crippen LogP contribution in [0.3, 0.4) is 0 Å². The number of thioether (sulfide) groups is 1. The minimum absolute atomic E-state index is 0.247. The third-order valence-corrected chi connectivity index (χ3v) is 5.84. The van der Waals surface area contributed by atoms with Gasteiger partial charge in [-0.25, -0.2) is 0 Å². The molecule has 152 valence electrons. The van der Waals surface area contributed by atoms with Crippen LogP contribution < -0.4 is 4.74 Å². The monoisotopic (exact) mass is 439 g/mol. The molecule has 0 spiro atoms. The molecule has 2 aromatic carbocycles. The van der Waals surface area contributed by atoms with E-state index in [-0.39, 0.29) is 17.7 Å². The standard InChI is InChI=1S/C23H18ClNO4S/c1-14-4-3-5-15(10-14)13-25-22(26)21(30-23(25)27)12-17-7-9-19(29-17)16-6-8-20(28-2)18(24)11-16/h3-12H,13H2,1-2H3/b21-12-. The van der Waals surface area contributed by atoms with E-state index >= 15 is 0 Å². The molecule has 7 heteroatoms. The van der Waals surface area contributed by atoms with Gasteiger partial charge in [-0.15, -0.1) is 0 Å². The summed E-state index contributed by atoms with van der Waals surface area (Å²) in [4.78, 5) is 26.7. The molecular weight excluding hydrogens is 422 g/mol. The van der Waals surface area contributed by atoms with Crippen molar-refractivity contribution >= 4 is 40.6 Å². The first-order valence-corrected chi connectivity index (χ1v) is 10.4. The topological polar surface area (TPSA) is 59.8 Å². The van der Waals surface area contributed by atoms with Crippen LogP contribution >= 0.6 is 23.4 Å². The molecule has 1 saturated heterocycles. The second-order valence-electron chi connectivity index (χ2n) is 6.81. The van der Waals surface area contributed by atoms with Crippen molar-refractivity contribution in [3.05, 3.63) is 81.4 Å². The normalized spacial score (nSPS) is 15.3. The number of halogens is 1. The Bertz CT molecular complexity index is 1170. The Morgan fingerprint density at radius 1 is 1.13 bits per heavy atom. The average Bonchev–Trinajstić information content (AvgIpc) is 3.28. The quantitative estimate of drug-likeness (QED) is 0.446. The van der Waals surface area contributed by atoms with Gasteiger partial charge in [0, 0.05) is 11.6 Å². The fourth-order valence-electron chi connectivity index (χ4n) is 3.16. The number of benzene rings is 2. The first-order chi connectivity index (χ1) is 14.4. The van der Waals surface area contributed by atoms with Crippen LogP contribution in [-0.2, 0) is 11.3 Å². The highest BCUT2D eigenvalue weighted by Crippen LogP contribution is 2.35. The van der Waals surface area contributed by atoms with Crippen molar-refractivity contribution in [3.8, 4) is 17.1 Å². The van der Waals surface area contributed by atoms with Gasteiger partial charge in [0.05, 0.1) is 23.6 Å². The Morgan fingerprint density at radius 2 is 1.97 bits per heavy atom. The largest absolute Gasteiger partial charge is 0.495 e. The van der Waals surface area contributed by atoms with Gasteiger partial charge in [0.15, 0.2) is 0 Å². The lowest BCUT2D eigenvalue weighted by molar-refractivity contribution is -0.123. The molecular formula is C23H18ClNO4S. The van der Waals surface area contributed by atoms with Crippen molar-refractivity contribution in [1.29, 1.82) is 0 Å². The Morgan fingerprint density at radius 3 is 2.70 bits per heavy atom. The molecule has 0 N–H and O–H groups in total. The number of furan rings is 1. The molecule has 3 aromatic rings. The molecule has 30 heavy (non-hydrogen) atoms. The lowest BCUT2D eigenvalue weighted by Crippen LogP contribution is -2.27. The van der Waals surface area contributed by atoms with Gasteiger partial charge in [-0.3, -0.25) is 14.5 Å². The molecule has 4 rings (SSSR count). The molecule has 0 radical (unpaired) electrons. The molecule has 0 saturated carbocycles. The van der Waals surface area contributed by atoms with Crippen LogP contribution in [0.2, 0.25) is 5.02 Å². The number of hydrogen-bond donors (Lipinski definition) is 0. The van der Waals surface area contributed by atoms with Crippen LogP contribution in [0.15, 0.2) is 63.9 Å². The van der Waals surface area contributed by atoms with E-state index in [0.717, 1.165) is 28.5 Å². The summed E-state index contributed by atoms with van der Waals surface area (Å²) in [6, 6.07) is 16.6. The van der Waals surface area contributed by atoms with Crippen molar-refractivity contribution in [2.45, 2.75) is 13.5 Å². The van der Waals surface area contributed by atoms with E-state index in [1.807, 2.05) is 37.3 Å². The molecule has 2 heterocycles. The zero-order chi connectivity index (χ0) is 21.3. The molecule has 1 aliphatic rings. The van der Waals surface area contributed by atoms with Gasteiger partial charge in [0.25, 0.3) is 11.1 Å². The number of methoxy groups -OCH3 is 1. The van der Waals surface area contributed by atoms with Gasteiger partial charge in [0.2, 0.25) is 0 Å². The third-order valence-electron chi connectivity index (χ3n) is 4.63. The number of amides is 2. The summed E-state index contributed by atoms with van der Waals surface area (Å²) in [7, 11) is 1.55. The van der Waals surface area contributed by atoms with E-state index in [9.17, 15) is 9.59 Å². The zero-order valence-electron chi connectivity index (χ0n) is 16.3. The number of nitrogens with zero attached hydrogens (tertiary/aromatic N) is 1. The fraction of sp³-hybridized carbons (Fsp3) is 0.130. The summed E-state index contributed by atoms with van der Waals surface area (Å²) in [6.07, 6.45) is 1.59. The van der Waals surface area contributed by atoms with Crippen LogP contribution in [0, 0.1) is 6.92 Å². The SMILES string of the molecule is COc1ccc(-c2ccc(/C=C3\SC(=O)N(Cc4cccc(C)c4)C3=O)o2)cc1Cl.